The lowest BCUT2D eigenvalue weighted by atomic mass is 9.64. The summed E-state index contributed by atoms with van der Waals surface area (Å²) >= 11 is 0. The standard InChI is InChI=1S/C43H45NO2/c1-26-19-32-31-15-11-12-16-33(31)43(35(32)20-27(26)2)34-17-13-14-18-37(34)44(38-25-40(46-10)39(45-9)24-36(38)43)30-22-28(41(3,4)5)21-29(23-30)42(6,7)8/h11-25H,1-10H3. The zero-order valence-corrected chi connectivity index (χ0v) is 28.9. The Morgan fingerprint density at radius 1 is 0.522 bits per heavy atom. The van der Waals surface area contributed by atoms with Crippen LogP contribution in [-0.4, -0.2) is 14.2 Å². The fourth-order valence-corrected chi connectivity index (χ4v) is 7.62. The van der Waals surface area contributed by atoms with Crippen LogP contribution in [0.2, 0.25) is 0 Å². The number of methoxy groups -OCH3 is 2. The number of hydrogen-bond acceptors (Lipinski definition) is 3. The average molecular weight is 608 g/mol. The largest absolute Gasteiger partial charge is 0.493 e. The Morgan fingerprint density at radius 2 is 1.09 bits per heavy atom. The number of aryl methyl sites for hydroxylation is 2. The van der Waals surface area contributed by atoms with Crippen LogP contribution in [0.4, 0.5) is 17.1 Å². The Labute approximate surface area is 274 Å². The van der Waals surface area contributed by atoms with Gasteiger partial charge in [0.05, 0.1) is 31.0 Å². The topological polar surface area (TPSA) is 21.7 Å². The van der Waals surface area contributed by atoms with E-state index in [2.05, 4.69) is 151 Å². The highest BCUT2D eigenvalue weighted by Crippen LogP contribution is 2.64. The molecule has 1 atom stereocenters. The van der Waals surface area contributed by atoms with E-state index >= 15 is 0 Å². The minimum atomic E-state index is -0.541. The summed E-state index contributed by atoms with van der Waals surface area (Å²) < 4.78 is 12.0. The summed E-state index contributed by atoms with van der Waals surface area (Å²) in [5.74, 6) is 1.45. The quantitative estimate of drug-likeness (QED) is 0.199. The third-order valence-electron chi connectivity index (χ3n) is 10.3. The summed E-state index contributed by atoms with van der Waals surface area (Å²) in [5.41, 5.74) is 15.7. The highest BCUT2D eigenvalue weighted by molar-refractivity contribution is 5.96. The molecular formula is C43H45NO2. The summed E-state index contributed by atoms with van der Waals surface area (Å²) in [6, 6.07) is 34.3. The molecule has 1 heterocycles. The molecule has 0 amide bonds. The van der Waals surface area contributed by atoms with Gasteiger partial charge in [-0.05, 0) is 105 Å². The summed E-state index contributed by atoms with van der Waals surface area (Å²) in [4.78, 5) is 2.46. The summed E-state index contributed by atoms with van der Waals surface area (Å²) in [6.07, 6.45) is 0. The highest BCUT2D eigenvalue weighted by atomic mass is 16.5. The van der Waals surface area contributed by atoms with Crippen LogP contribution in [0.3, 0.4) is 0 Å². The van der Waals surface area contributed by atoms with Gasteiger partial charge in [-0.2, -0.15) is 0 Å². The molecule has 0 N–H and O–H groups in total. The number of rotatable bonds is 3. The second kappa shape index (κ2) is 10.3. The third-order valence-corrected chi connectivity index (χ3v) is 10.3. The molecule has 1 unspecified atom stereocenters. The molecule has 1 aliphatic carbocycles. The van der Waals surface area contributed by atoms with E-state index in [9.17, 15) is 0 Å². The Bertz CT molecular complexity index is 1990. The van der Waals surface area contributed by atoms with Crippen molar-refractivity contribution in [3.8, 4) is 22.6 Å². The van der Waals surface area contributed by atoms with Crippen molar-refractivity contribution in [2.45, 2.75) is 71.6 Å². The minimum absolute atomic E-state index is 0.0221. The van der Waals surface area contributed by atoms with Crippen molar-refractivity contribution in [3.63, 3.8) is 0 Å². The zero-order chi connectivity index (χ0) is 32.8. The van der Waals surface area contributed by atoms with Crippen LogP contribution in [0.15, 0.2) is 91.0 Å². The van der Waals surface area contributed by atoms with Crippen LogP contribution in [0.25, 0.3) is 11.1 Å². The molecule has 3 nitrogen and oxygen atoms in total. The summed E-state index contributed by atoms with van der Waals surface area (Å²) in [6.45, 7) is 18.3. The predicted octanol–water partition coefficient (Wildman–Crippen LogP) is 11.1. The van der Waals surface area contributed by atoms with Crippen LogP contribution in [-0.2, 0) is 16.2 Å². The smallest absolute Gasteiger partial charge is 0.162 e. The number of fused-ring (bicyclic) bond motifs is 9. The monoisotopic (exact) mass is 607 g/mol. The van der Waals surface area contributed by atoms with Gasteiger partial charge in [0.2, 0.25) is 0 Å². The fourth-order valence-electron chi connectivity index (χ4n) is 7.62. The summed E-state index contributed by atoms with van der Waals surface area (Å²) in [7, 11) is 3.46. The molecule has 234 valence electrons. The van der Waals surface area contributed by atoms with Crippen LogP contribution < -0.4 is 14.4 Å². The molecule has 0 bridgehead atoms. The van der Waals surface area contributed by atoms with E-state index in [-0.39, 0.29) is 10.8 Å². The van der Waals surface area contributed by atoms with Gasteiger partial charge < -0.3 is 14.4 Å². The van der Waals surface area contributed by atoms with E-state index in [0.29, 0.717) is 0 Å². The van der Waals surface area contributed by atoms with E-state index in [1.54, 1.807) is 14.2 Å². The first kappa shape index (κ1) is 30.2. The van der Waals surface area contributed by atoms with Crippen molar-refractivity contribution in [1.29, 1.82) is 0 Å². The lowest BCUT2D eigenvalue weighted by Crippen LogP contribution is -2.36. The van der Waals surface area contributed by atoms with Gasteiger partial charge in [0.25, 0.3) is 0 Å². The lowest BCUT2D eigenvalue weighted by Gasteiger charge is -2.45. The molecule has 1 spiro atoms. The number of ether oxygens (including phenoxy) is 2. The van der Waals surface area contributed by atoms with Gasteiger partial charge in [-0.3, -0.25) is 0 Å². The van der Waals surface area contributed by atoms with Gasteiger partial charge in [0.15, 0.2) is 11.5 Å². The van der Waals surface area contributed by atoms with Gasteiger partial charge in [-0.15, -0.1) is 0 Å². The number of nitrogens with zero attached hydrogens (tertiary/aromatic N) is 1. The molecule has 5 aromatic carbocycles. The first-order valence-electron chi connectivity index (χ1n) is 16.3. The van der Waals surface area contributed by atoms with E-state index in [4.69, 9.17) is 9.47 Å². The second-order valence-corrected chi connectivity index (χ2v) is 15.1. The van der Waals surface area contributed by atoms with Crippen LogP contribution in [0, 0.1) is 13.8 Å². The van der Waals surface area contributed by atoms with E-state index in [1.165, 1.54) is 61.3 Å². The molecule has 46 heavy (non-hydrogen) atoms. The predicted molar refractivity (Wildman–Crippen MR) is 192 cm³/mol. The van der Waals surface area contributed by atoms with Crippen LogP contribution in [0.5, 0.6) is 11.5 Å². The molecule has 3 heteroatoms. The number of para-hydroxylation sites is 1. The zero-order valence-electron chi connectivity index (χ0n) is 28.9. The van der Waals surface area contributed by atoms with Crippen LogP contribution in [0.1, 0.15) is 86.1 Å². The number of benzene rings is 5. The van der Waals surface area contributed by atoms with Gasteiger partial charge >= 0.3 is 0 Å². The first-order valence-corrected chi connectivity index (χ1v) is 16.3. The van der Waals surface area contributed by atoms with Crippen LogP contribution >= 0.6 is 0 Å². The second-order valence-electron chi connectivity index (χ2n) is 15.1. The third kappa shape index (κ3) is 4.24. The van der Waals surface area contributed by atoms with Crippen molar-refractivity contribution in [2.75, 3.05) is 19.1 Å². The Morgan fingerprint density at radius 3 is 1.72 bits per heavy atom. The molecule has 2 aliphatic rings. The highest BCUT2D eigenvalue weighted by Gasteiger charge is 2.52. The molecule has 0 fully saturated rings. The molecular weight excluding hydrogens is 562 g/mol. The molecule has 5 aromatic rings. The lowest BCUT2D eigenvalue weighted by molar-refractivity contribution is 0.354. The van der Waals surface area contributed by atoms with Crippen molar-refractivity contribution < 1.29 is 9.47 Å². The van der Waals surface area contributed by atoms with E-state index in [0.717, 1.165) is 22.9 Å². The molecule has 0 aromatic heterocycles. The molecule has 7 rings (SSSR count). The van der Waals surface area contributed by atoms with Crippen molar-refractivity contribution in [1.82, 2.24) is 0 Å². The van der Waals surface area contributed by atoms with E-state index in [1.807, 2.05) is 0 Å². The SMILES string of the molecule is COc1cc2c(cc1OC)C1(c3ccccc3-c3cc(C)c(C)cc31)c1ccccc1N2c1cc(C(C)(C)C)cc(C(C)(C)C)c1. The maximum absolute atomic E-state index is 6.04. The Balaban J connectivity index is 1.66. The van der Waals surface area contributed by atoms with Crippen molar-refractivity contribution >= 4 is 17.1 Å². The summed E-state index contributed by atoms with van der Waals surface area (Å²) in [5, 5.41) is 0. The maximum Gasteiger partial charge on any atom is 0.162 e. The number of anilines is 3. The van der Waals surface area contributed by atoms with E-state index < -0.39 is 5.41 Å². The molecule has 0 radical (unpaired) electrons. The van der Waals surface area contributed by atoms with Gasteiger partial charge in [0.1, 0.15) is 0 Å². The first-order chi connectivity index (χ1) is 21.8. The molecule has 1 aliphatic heterocycles. The van der Waals surface area contributed by atoms with Gasteiger partial charge in [-0.25, -0.2) is 0 Å². The molecule has 0 saturated carbocycles. The van der Waals surface area contributed by atoms with Crippen molar-refractivity contribution in [2.24, 2.45) is 0 Å². The normalized spacial score (nSPS) is 16.5. The minimum Gasteiger partial charge on any atom is -0.493 e. The average Bonchev–Trinajstić information content (AvgIpc) is 3.29. The fraction of sp³-hybridized carbons (Fsp3) is 0.302. The maximum atomic E-state index is 6.04. The van der Waals surface area contributed by atoms with Crippen molar-refractivity contribution in [3.05, 3.63) is 136 Å². The van der Waals surface area contributed by atoms with Gasteiger partial charge in [-0.1, -0.05) is 102 Å². The van der Waals surface area contributed by atoms with Gasteiger partial charge in [0, 0.05) is 11.8 Å². The Hall–Kier alpha value is -4.50. The Kier molecular flexibility index (Phi) is 6.73. The molecule has 0 saturated heterocycles. The number of hydrogen-bond donors (Lipinski definition) is 0.